The lowest BCUT2D eigenvalue weighted by molar-refractivity contribution is -0.136. The van der Waals surface area contributed by atoms with E-state index in [9.17, 15) is 9.59 Å². The van der Waals surface area contributed by atoms with E-state index < -0.39 is 11.8 Å². The molecule has 9 heteroatoms. The number of nitrogens with one attached hydrogen (secondary N) is 2. The average Bonchev–Trinajstić information content (AvgIpc) is 2.84. The third kappa shape index (κ3) is 7.79. The second kappa shape index (κ2) is 12.6. The average molecular weight is 500 g/mol. The van der Waals surface area contributed by atoms with Gasteiger partial charge in [-0.05, 0) is 72.6 Å². The molecule has 0 unspecified atom stereocenters. The van der Waals surface area contributed by atoms with Crippen LogP contribution in [0.2, 0.25) is 10.0 Å². The molecule has 7 nitrogen and oxygen atoms in total. The number of carbonyl (C=O) groups excluding carboxylic acids is 2. The van der Waals surface area contributed by atoms with Crippen molar-refractivity contribution in [2.24, 2.45) is 5.10 Å². The zero-order chi connectivity index (χ0) is 24.3. The highest BCUT2D eigenvalue weighted by molar-refractivity contribution is 6.39. The fourth-order valence-corrected chi connectivity index (χ4v) is 3.17. The van der Waals surface area contributed by atoms with Crippen molar-refractivity contribution in [3.05, 3.63) is 87.9 Å². The molecule has 3 aromatic rings. The van der Waals surface area contributed by atoms with Crippen molar-refractivity contribution >= 4 is 46.9 Å². The lowest BCUT2D eigenvalue weighted by Crippen LogP contribution is -2.32. The molecule has 3 aromatic carbocycles. The minimum Gasteiger partial charge on any atom is -0.494 e. The molecule has 0 aromatic heterocycles. The number of nitrogens with zero attached hydrogens (tertiary/aromatic N) is 1. The second-order valence-corrected chi connectivity index (χ2v) is 7.96. The molecule has 2 N–H and O–H groups in total. The van der Waals surface area contributed by atoms with Crippen LogP contribution in [0.25, 0.3) is 0 Å². The summed E-state index contributed by atoms with van der Waals surface area (Å²) in [5.74, 6) is -0.386. The molecule has 0 spiro atoms. The molecule has 0 heterocycles. The van der Waals surface area contributed by atoms with Gasteiger partial charge in [0.2, 0.25) is 0 Å². The summed E-state index contributed by atoms with van der Waals surface area (Å²) in [6, 6.07) is 19.0. The van der Waals surface area contributed by atoms with Crippen molar-refractivity contribution in [3.63, 3.8) is 0 Å². The first-order valence-corrected chi connectivity index (χ1v) is 11.2. The maximum atomic E-state index is 12.0. The van der Waals surface area contributed by atoms with Crippen LogP contribution in [-0.2, 0) is 16.2 Å². The van der Waals surface area contributed by atoms with E-state index in [2.05, 4.69) is 15.8 Å². The summed E-state index contributed by atoms with van der Waals surface area (Å²) in [5.41, 5.74) is 4.20. The SMILES string of the molecule is CCCOc1ccc(NC(=O)C(=O)N/N=C\c2ccc(OCc3ccc(Cl)cc3Cl)cc2)cc1. The van der Waals surface area contributed by atoms with Gasteiger partial charge in [0.1, 0.15) is 18.1 Å². The largest absolute Gasteiger partial charge is 0.494 e. The Morgan fingerprint density at radius 1 is 0.912 bits per heavy atom. The smallest absolute Gasteiger partial charge is 0.329 e. The first-order valence-electron chi connectivity index (χ1n) is 10.5. The normalized spacial score (nSPS) is 10.7. The third-order valence-electron chi connectivity index (χ3n) is 4.46. The lowest BCUT2D eigenvalue weighted by atomic mass is 10.2. The minimum atomic E-state index is -0.887. The Kier molecular flexibility index (Phi) is 9.31. The molecule has 34 heavy (non-hydrogen) atoms. The number of carbonyl (C=O) groups is 2. The van der Waals surface area contributed by atoms with Crippen LogP contribution < -0.4 is 20.2 Å². The zero-order valence-corrected chi connectivity index (χ0v) is 19.9. The van der Waals surface area contributed by atoms with Gasteiger partial charge >= 0.3 is 11.8 Å². The van der Waals surface area contributed by atoms with Crippen LogP contribution in [-0.4, -0.2) is 24.6 Å². The van der Waals surface area contributed by atoms with Gasteiger partial charge in [-0.3, -0.25) is 9.59 Å². The third-order valence-corrected chi connectivity index (χ3v) is 5.05. The summed E-state index contributed by atoms with van der Waals surface area (Å²) < 4.78 is 11.2. The number of benzene rings is 3. The molecule has 0 fully saturated rings. The van der Waals surface area contributed by atoms with Crippen LogP contribution in [0, 0.1) is 0 Å². The van der Waals surface area contributed by atoms with E-state index in [-0.39, 0.29) is 0 Å². The second-order valence-electron chi connectivity index (χ2n) is 7.12. The molecule has 176 valence electrons. The number of ether oxygens (including phenoxy) is 2. The molecular weight excluding hydrogens is 477 g/mol. The number of anilines is 1. The van der Waals surface area contributed by atoms with E-state index in [1.54, 1.807) is 60.7 Å². The van der Waals surface area contributed by atoms with Gasteiger partial charge in [0.05, 0.1) is 12.8 Å². The van der Waals surface area contributed by atoms with Gasteiger partial charge in [0.15, 0.2) is 0 Å². The van der Waals surface area contributed by atoms with Gasteiger partial charge < -0.3 is 14.8 Å². The van der Waals surface area contributed by atoms with E-state index in [1.807, 2.05) is 13.0 Å². The van der Waals surface area contributed by atoms with Gasteiger partial charge in [-0.1, -0.05) is 36.2 Å². The molecule has 0 radical (unpaired) electrons. The summed E-state index contributed by atoms with van der Waals surface area (Å²) in [7, 11) is 0. The lowest BCUT2D eigenvalue weighted by Gasteiger charge is -2.08. The van der Waals surface area contributed by atoms with Gasteiger partial charge in [-0.25, -0.2) is 5.43 Å². The van der Waals surface area contributed by atoms with Crippen LogP contribution in [0.5, 0.6) is 11.5 Å². The van der Waals surface area contributed by atoms with Gasteiger partial charge in [-0.2, -0.15) is 5.10 Å². The van der Waals surface area contributed by atoms with Crippen LogP contribution in [0.1, 0.15) is 24.5 Å². The van der Waals surface area contributed by atoms with Crippen LogP contribution in [0.4, 0.5) is 5.69 Å². The summed E-state index contributed by atoms with van der Waals surface area (Å²) in [6.45, 7) is 2.92. The number of amides is 2. The highest BCUT2D eigenvalue weighted by Crippen LogP contribution is 2.23. The first-order chi connectivity index (χ1) is 16.4. The summed E-state index contributed by atoms with van der Waals surface area (Å²) in [4.78, 5) is 24.0. The topological polar surface area (TPSA) is 89.0 Å². The van der Waals surface area contributed by atoms with E-state index in [4.69, 9.17) is 32.7 Å². The van der Waals surface area contributed by atoms with Crippen LogP contribution in [0.15, 0.2) is 71.8 Å². The van der Waals surface area contributed by atoms with E-state index in [0.717, 1.165) is 12.0 Å². The van der Waals surface area contributed by atoms with Crippen molar-refractivity contribution in [1.29, 1.82) is 0 Å². The van der Waals surface area contributed by atoms with E-state index >= 15 is 0 Å². The van der Waals surface area contributed by atoms with Crippen molar-refractivity contribution < 1.29 is 19.1 Å². The Balaban J connectivity index is 1.45. The standard InChI is InChI=1S/C25H23Cl2N3O4/c1-2-13-33-21-11-7-20(8-12-21)29-24(31)25(32)30-28-15-17-3-9-22(10-4-17)34-16-18-5-6-19(26)14-23(18)27/h3-12,14-15H,2,13,16H2,1H3,(H,29,31)(H,30,32)/b28-15-. The fourth-order valence-electron chi connectivity index (χ4n) is 2.71. The molecule has 2 amide bonds. The quantitative estimate of drug-likeness (QED) is 0.232. The van der Waals surface area contributed by atoms with Gasteiger partial charge in [0.25, 0.3) is 0 Å². The summed E-state index contributed by atoms with van der Waals surface area (Å²) in [5, 5.41) is 7.42. The maximum Gasteiger partial charge on any atom is 0.329 e. The van der Waals surface area contributed by atoms with Crippen molar-refractivity contribution in [2.45, 2.75) is 20.0 Å². The Morgan fingerprint density at radius 3 is 2.26 bits per heavy atom. The van der Waals surface area contributed by atoms with Crippen molar-refractivity contribution in [1.82, 2.24) is 5.43 Å². The molecular formula is C25H23Cl2N3O4. The highest BCUT2D eigenvalue weighted by Gasteiger charge is 2.12. The van der Waals surface area contributed by atoms with Crippen LogP contribution >= 0.6 is 23.2 Å². The molecule has 0 aliphatic rings. The number of hydrogen-bond acceptors (Lipinski definition) is 5. The predicted molar refractivity (Wildman–Crippen MR) is 134 cm³/mol. The van der Waals surface area contributed by atoms with Gasteiger partial charge in [0, 0.05) is 21.3 Å². The maximum absolute atomic E-state index is 12.0. The predicted octanol–water partition coefficient (Wildman–Crippen LogP) is 5.45. The van der Waals surface area contributed by atoms with Crippen LogP contribution in [0.3, 0.4) is 0 Å². The fraction of sp³-hybridized carbons (Fsp3) is 0.160. The monoisotopic (exact) mass is 499 g/mol. The summed E-state index contributed by atoms with van der Waals surface area (Å²) >= 11 is 12.0. The molecule has 3 rings (SSSR count). The molecule has 0 saturated carbocycles. The minimum absolute atomic E-state index is 0.295. The number of halogens is 2. The van der Waals surface area contributed by atoms with Gasteiger partial charge in [-0.15, -0.1) is 0 Å². The number of hydrazone groups is 1. The highest BCUT2D eigenvalue weighted by atomic mass is 35.5. The van der Waals surface area contributed by atoms with Crippen molar-refractivity contribution in [2.75, 3.05) is 11.9 Å². The number of hydrogen-bond donors (Lipinski definition) is 2. The van der Waals surface area contributed by atoms with Crippen molar-refractivity contribution in [3.8, 4) is 11.5 Å². The Hall–Kier alpha value is -3.55. The van der Waals surface area contributed by atoms with E-state index in [0.29, 0.717) is 46.0 Å². The first kappa shape index (κ1) is 25.1. The van der Waals surface area contributed by atoms with E-state index in [1.165, 1.54) is 6.21 Å². The molecule has 0 saturated heterocycles. The zero-order valence-electron chi connectivity index (χ0n) is 18.4. The number of rotatable bonds is 9. The molecule has 0 bridgehead atoms. The summed E-state index contributed by atoms with van der Waals surface area (Å²) in [6.07, 6.45) is 2.32. The Bertz CT molecular complexity index is 1150. The molecule has 0 aliphatic carbocycles. The Labute approximate surface area is 207 Å². The molecule has 0 aliphatic heterocycles. The molecule has 0 atom stereocenters. The Morgan fingerprint density at radius 2 is 1.59 bits per heavy atom.